The van der Waals surface area contributed by atoms with Crippen molar-refractivity contribution >= 4 is 5.69 Å². The molecule has 1 heterocycles. The van der Waals surface area contributed by atoms with E-state index in [2.05, 4.69) is 24.1 Å². The van der Waals surface area contributed by atoms with Crippen molar-refractivity contribution in [2.24, 2.45) is 0 Å². The predicted molar refractivity (Wildman–Crippen MR) is 84.4 cm³/mol. The van der Waals surface area contributed by atoms with Gasteiger partial charge in [0.25, 0.3) is 5.69 Å². The Hall–Kier alpha value is -1.46. The maximum Gasteiger partial charge on any atom is 0.269 e. The summed E-state index contributed by atoms with van der Waals surface area (Å²) in [5.41, 5.74) is 1.21. The first-order valence-electron chi connectivity index (χ1n) is 7.84. The molecule has 1 aliphatic rings. The Balaban J connectivity index is 2.18. The second-order valence-corrected chi connectivity index (χ2v) is 5.77. The van der Waals surface area contributed by atoms with Crippen LogP contribution in [0.2, 0.25) is 0 Å². The number of piperidine rings is 1. The molecule has 1 aromatic rings. The third kappa shape index (κ3) is 4.02. The highest BCUT2D eigenvalue weighted by molar-refractivity contribution is 5.35. The number of benzene rings is 1. The van der Waals surface area contributed by atoms with E-state index in [4.69, 9.17) is 0 Å². The largest absolute Gasteiger partial charge is 0.315 e. The van der Waals surface area contributed by atoms with Gasteiger partial charge in [0.15, 0.2) is 0 Å². The highest BCUT2D eigenvalue weighted by atomic mass is 16.6. The van der Waals surface area contributed by atoms with Gasteiger partial charge in [0.05, 0.1) is 4.92 Å². The van der Waals surface area contributed by atoms with Crippen molar-refractivity contribution in [3.8, 4) is 0 Å². The monoisotopic (exact) mass is 291 g/mol. The van der Waals surface area contributed by atoms with Crippen molar-refractivity contribution in [2.75, 3.05) is 19.6 Å². The summed E-state index contributed by atoms with van der Waals surface area (Å²) in [6, 6.07) is 7.78. The number of nitro benzene ring substituents is 1. The normalized spacial score (nSPS) is 20.4. The quantitative estimate of drug-likeness (QED) is 0.646. The smallest absolute Gasteiger partial charge is 0.269 e. The lowest BCUT2D eigenvalue weighted by Crippen LogP contribution is -2.47. The molecule has 2 rings (SSSR count). The molecule has 5 nitrogen and oxygen atoms in total. The summed E-state index contributed by atoms with van der Waals surface area (Å²) < 4.78 is 0. The van der Waals surface area contributed by atoms with E-state index < -0.39 is 0 Å². The topological polar surface area (TPSA) is 58.4 Å². The van der Waals surface area contributed by atoms with E-state index in [0.717, 1.165) is 31.6 Å². The first kappa shape index (κ1) is 15.9. The molecule has 0 aromatic heterocycles. The summed E-state index contributed by atoms with van der Waals surface area (Å²) in [6.45, 7) is 7.48. The van der Waals surface area contributed by atoms with E-state index >= 15 is 0 Å². The van der Waals surface area contributed by atoms with Gasteiger partial charge in [0.2, 0.25) is 0 Å². The minimum Gasteiger partial charge on any atom is -0.315 e. The average molecular weight is 291 g/mol. The van der Waals surface area contributed by atoms with Gasteiger partial charge in [0.1, 0.15) is 0 Å². The van der Waals surface area contributed by atoms with Gasteiger partial charge in [-0.25, -0.2) is 0 Å². The van der Waals surface area contributed by atoms with Gasteiger partial charge in [-0.3, -0.25) is 15.0 Å². The Morgan fingerprint density at radius 3 is 2.95 bits per heavy atom. The molecule has 0 bridgehead atoms. The van der Waals surface area contributed by atoms with Crippen LogP contribution in [0.5, 0.6) is 0 Å². The predicted octanol–water partition coefficient (Wildman–Crippen LogP) is 3.12. The van der Waals surface area contributed by atoms with Crippen LogP contribution in [-0.2, 0) is 0 Å². The van der Waals surface area contributed by atoms with Crippen LogP contribution in [0.4, 0.5) is 5.69 Å². The Morgan fingerprint density at radius 2 is 2.33 bits per heavy atom. The summed E-state index contributed by atoms with van der Waals surface area (Å²) in [5.74, 6) is 0. The van der Waals surface area contributed by atoms with Crippen LogP contribution in [0.15, 0.2) is 24.3 Å². The molecule has 21 heavy (non-hydrogen) atoms. The van der Waals surface area contributed by atoms with Crippen molar-refractivity contribution in [1.29, 1.82) is 0 Å². The molecule has 5 heteroatoms. The number of nitrogens with one attached hydrogen (secondary N) is 1. The highest BCUT2D eigenvalue weighted by Crippen LogP contribution is 2.27. The third-order valence-corrected chi connectivity index (χ3v) is 4.28. The molecule has 0 saturated carbocycles. The lowest BCUT2D eigenvalue weighted by Gasteiger charge is -2.38. The zero-order chi connectivity index (χ0) is 15.2. The Kier molecular flexibility index (Phi) is 5.70. The summed E-state index contributed by atoms with van der Waals surface area (Å²) in [7, 11) is 0. The van der Waals surface area contributed by atoms with E-state index in [1.165, 1.54) is 12.8 Å². The zero-order valence-electron chi connectivity index (χ0n) is 12.9. The minimum absolute atomic E-state index is 0.178. The molecule has 0 amide bonds. The Bertz CT molecular complexity index is 472. The number of nitro groups is 1. The number of hydrogen-bond acceptors (Lipinski definition) is 4. The van der Waals surface area contributed by atoms with Crippen LogP contribution in [0.1, 0.15) is 44.7 Å². The lowest BCUT2D eigenvalue weighted by atomic mass is 9.99. The van der Waals surface area contributed by atoms with E-state index in [-0.39, 0.29) is 16.7 Å². The molecule has 1 aliphatic heterocycles. The summed E-state index contributed by atoms with van der Waals surface area (Å²) in [4.78, 5) is 13.1. The molecule has 0 radical (unpaired) electrons. The number of non-ortho nitro benzene ring substituents is 1. The molecular formula is C16H25N3O2. The van der Waals surface area contributed by atoms with Crippen molar-refractivity contribution in [1.82, 2.24) is 10.2 Å². The van der Waals surface area contributed by atoms with Crippen molar-refractivity contribution in [3.05, 3.63) is 39.9 Å². The van der Waals surface area contributed by atoms with Crippen LogP contribution in [0, 0.1) is 10.1 Å². The lowest BCUT2D eigenvalue weighted by molar-refractivity contribution is -0.385. The molecular weight excluding hydrogens is 266 g/mol. The second-order valence-electron chi connectivity index (χ2n) is 5.77. The molecule has 1 N–H and O–H groups in total. The summed E-state index contributed by atoms with van der Waals surface area (Å²) >= 11 is 0. The van der Waals surface area contributed by atoms with Crippen LogP contribution in [0.25, 0.3) is 0 Å². The fourth-order valence-corrected chi connectivity index (χ4v) is 3.16. The number of hydrogen-bond donors (Lipinski definition) is 1. The standard InChI is InChI=1S/C16H25N3O2/c1-3-10-18(16-8-5-9-17-12-16)13(2)14-6-4-7-15(11-14)19(20)21/h4,6-7,11,13,16-17H,3,5,8-10,12H2,1-2H3. The van der Waals surface area contributed by atoms with Gasteiger partial charge in [0, 0.05) is 30.8 Å². The molecule has 1 fully saturated rings. The van der Waals surface area contributed by atoms with E-state index in [9.17, 15) is 10.1 Å². The molecule has 0 aliphatic carbocycles. The maximum absolute atomic E-state index is 11.0. The Morgan fingerprint density at radius 1 is 1.52 bits per heavy atom. The number of rotatable bonds is 6. The van der Waals surface area contributed by atoms with Crippen molar-refractivity contribution in [2.45, 2.75) is 45.2 Å². The summed E-state index contributed by atoms with van der Waals surface area (Å²) in [5, 5.41) is 14.4. The second kappa shape index (κ2) is 7.52. The first-order valence-corrected chi connectivity index (χ1v) is 7.84. The first-order chi connectivity index (χ1) is 10.1. The van der Waals surface area contributed by atoms with Crippen LogP contribution >= 0.6 is 0 Å². The third-order valence-electron chi connectivity index (χ3n) is 4.28. The number of nitrogens with zero attached hydrogens (tertiary/aromatic N) is 2. The zero-order valence-corrected chi connectivity index (χ0v) is 12.9. The van der Waals surface area contributed by atoms with Crippen molar-refractivity contribution in [3.63, 3.8) is 0 Å². The average Bonchev–Trinajstić information content (AvgIpc) is 2.53. The van der Waals surface area contributed by atoms with Gasteiger partial charge in [-0.1, -0.05) is 19.1 Å². The van der Waals surface area contributed by atoms with Gasteiger partial charge in [-0.2, -0.15) is 0 Å². The van der Waals surface area contributed by atoms with E-state index in [1.54, 1.807) is 18.2 Å². The molecule has 2 unspecified atom stereocenters. The molecule has 0 spiro atoms. The summed E-state index contributed by atoms with van der Waals surface area (Å²) in [6.07, 6.45) is 3.49. The van der Waals surface area contributed by atoms with Crippen molar-refractivity contribution < 1.29 is 4.92 Å². The van der Waals surface area contributed by atoms with Gasteiger partial charge in [-0.15, -0.1) is 0 Å². The molecule has 1 aromatic carbocycles. The SMILES string of the molecule is CCCN(C1CCCNC1)C(C)c1cccc([N+](=O)[O-])c1. The molecule has 1 saturated heterocycles. The fourth-order valence-electron chi connectivity index (χ4n) is 3.16. The van der Waals surface area contributed by atoms with Crippen LogP contribution < -0.4 is 5.32 Å². The minimum atomic E-state index is -0.317. The van der Waals surface area contributed by atoms with Gasteiger partial charge >= 0.3 is 0 Å². The van der Waals surface area contributed by atoms with Gasteiger partial charge < -0.3 is 5.32 Å². The van der Waals surface area contributed by atoms with Crippen LogP contribution in [0.3, 0.4) is 0 Å². The van der Waals surface area contributed by atoms with E-state index in [0.29, 0.717) is 6.04 Å². The highest BCUT2D eigenvalue weighted by Gasteiger charge is 2.26. The van der Waals surface area contributed by atoms with Crippen LogP contribution in [-0.4, -0.2) is 35.5 Å². The Labute approximate surface area is 126 Å². The maximum atomic E-state index is 11.0. The molecule has 2 atom stereocenters. The van der Waals surface area contributed by atoms with E-state index in [1.807, 2.05) is 6.07 Å². The fraction of sp³-hybridized carbons (Fsp3) is 0.625. The van der Waals surface area contributed by atoms with Gasteiger partial charge in [-0.05, 0) is 44.8 Å². The molecule has 116 valence electrons.